The van der Waals surface area contributed by atoms with Gasteiger partial charge in [0.2, 0.25) is 0 Å². The molecular weight excluding hydrogens is 304 g/mol. The van der Waals surface area contributed by atoms with Gasteiger partial charge < -0.3 is 4.90 Å². The molecule has 24 heavy (non-hydrogen) atoms. The molecule has 0 heterocycles. The van der Waals surface area contributed by atoms with E-state index in [1.165, 1.54) is 23.3 Å². The highest BCUT2D eigenvalue weighted by Crippen LogP contribution is 2.27. The normalized spacial score (nSPS) is 14.1. The van der Waals surface area contributed by atoms with E-state index in [1.807, 2.05) is 31.2 Å². The number of non-ortho nitro benzene ring substituents is 1. The van der Waals surface area contributed by atoms with Gasteiger partial charge in [0.1, 0.15) is 0 Å². The lowest BCUT2D eigenvalue weighted by molar-refractivity contribution is -0.384. The van der Waals surface area contributed by atoms with Crippen molar-refractivity contribution in [2.75, 3.05) is 7.05 Å². The van der Waals surface area contributed by atoms with E-state index in [0.717, 1.165) is 24.8 Å². The second kappa shape index (κ2) is 6.43. The number of hydrogen-bond acceptors (Lipinski definition) is 3. The number of carbonyl (C=O) groups is 1. The van der Waals surface area contributed by atoms with Crippen LogP contribution in [0.5, 0.6) is 0 Å². The number of nitro benzene ring substituents is 1. The van der Waals surface area contributed by atoms with Gasteiger partial charge in [-0.25, -0.2) is 0 Å². The summed E-state index contributed by atoms with van der Waals surface area (Å²) in [4.78, 5) is 24.9. The number of nitrogens with zero attached hydrogens (tertiary/aromatic N) is 2. The maximum Gasteiger partial charge on any atom is 0.269 e. The summed E-state index contributed by atoms with van der Waals surface area (Å²) in [5.74, 6) is -0.0660. The van der Waals surface area contributed by atoms with E-state index >= 15 is 0 Å². The fourth-order valence-electron chi connectivity index (χ4n) is 3.21. The molecule has 1 atom stereocenters. The zero-order valence-electron chi connectivity index (χ0n) is 13.9. The number of rotatable bonds is 4. The molecule has 0 radical (unpaired) electrons. The zero-order valence-corrected chi connectivity index (χ0v) is 13.9. The molecule has 0 unspecified atom stereocenters. The maximum absolute atomic E-state index is 12.8. The van der Waals surface area contributed by atoms with Crippen LogP contribution in [-0.2, 0) is 12.8 Å². The minimum Gasteiger partial charge on any atom is -0.335 e. The molecule has 0 saturated heterocycles. The van der Waals surface area contributed by atoms with Crippen molar-refractivity contribution in [3.63, 3.8) is 0 Å². The fourth-order valence-corrected chi connectivity index (χ4v) is 3.21. The summed E-state index contributed by atoms with van der Waals surface area (Å²) in [7, 11) is 1.74. The second-order valence-electron chi connectivity index (χ2n) is 6.28. The van der Waals surface area contributed by atoms with E-state index in [4.69, 9.17) is 0 Å². The highest BCUT2D eigenvalue weighted by Gasteiger charge is 2.22. The van der Waals surface area contributed by atoms with E-state index in [9.17, 15) is 14.9 Å². The Morgan fingerprint density at radius 2 is 1.92 bits per heavy atom. The predicted octanol–water partition coefficient (Wildman–Crippen LogP) is 3.92. The van der Waals surface area contributed by atoms with Crippen LogP contribution in [0.25, 0.3) is 0 Å². The molecule has 0 saturated carbocycles. The summed E-state index contributed by atoms with van der Waals surface area (Å²) in [6.07, 6.45) is 3.26. The SMILES string of the molecule is C[C@@H](c1cccc([N+](=O)[O-])c1)N(C)C(=O)c1ccc2c(c1)CCC2. The lowest BCUT2D eigenvalue weighted by Gasteiger charge is -2.25. The van der Waals surface area contributed by atoms with Crippen LogP contribution in [0.15, 0.2) is 42.5 Å². The average molecular weight is 324 g/mol. The number of hydrogen-bond donors (Lipinski definition) is 0. The van der Waals surface area contributed by atoms with Crippen LogP contribution in [0.1, 0.15) is 46.4 Å². The van der Waals surface area contributed by atoms with Crippen molar-refractivity contribution in [3.8, 4) is 0 Å². The zero-order chi connectivity index (χ0) is 17.3. The summed E-state index contributed by atoms with van der Waals surface area (Å²) < 4.78 is 0. The largest absolute Gasteiger partial charge is 0.335 e. The molecule has 0 aromatic heterocycles. The monoisotopic (exact) mass is 324 g/mol. The number of carbonyl (C=O) groups excluding carboxylic acids is 1. The topological polar surface area (TPSA) is 63.5 Å². The van der Waals surface area contributed by atoms with Crippen molar-refractivity contribution in [3.05, 3.63) is 74.8 Å². The van der Waals surface area contributed by atoms with Gasteiger partial charge in [-0.15, -0.1) is 0 Å². The number of nitro groups is 1. The minimum atomic E-state index is -0.418. The highest BCUT2D eigenvalue weighted by molar-refractivity contribution is 5.94. The van der Waals surface area contributed by atoms with E-state index in [0.29, 0.717) is 5.56 Å². The Morgan fingerprint density at radius 3 is 2.67 bits per heavy atom. The molecule has 5 heteroatoms. The first-order valence-electron chi connectivity index (χ1n) is 8.10. The van der Waals surface area contributed by atoms with Gasteiger partial charge in [0.25, 0.3) is 11.6 Å². The van der Waals surface area contributed by atoms with Gasteiger partial charge in [0.05, 0.1) is 11.0 Å². The Morgan fingerprint density at radius 1 is 1.17 bits per heavy atom. The molecule has 3 rings (SSSR count). The van der Waals surface area contributed by atoms with Gasteiger partial charge in [-0.1, -0.05) is 18.2 Å². The van der Waals surface area contributed by atoms with Crippen molar-refractivity contribution in [1.29, 1.82) is 0 Å². The van der Waals surface area contributed by atoms with Crippen LogP contribution >= 0.6 is 0 Å². The third-order valence-corrected chi connectivity index (χ3v) is 4.81. The van der Waals surface area contributed by atoms with Crippen LogP contribution in [0.2, 0.25) is 0 Å². The Balaban J connectivity index is 1.82. The van der Waals surface area contributed by atoms with Crippen LogP contribution in [-0.4, -0.2) is 22.8 Å². The summed E-state index contributed by atoms with van der Waals surface area (Å²) in [5.41, 5.74) is 4.06. The summed E-state index contributed by atoms with van der Waals surface area (Å²) in [5, 5.41) is 10.9. The van der Waals surface area contributed by atoms with Crippen molar-refractivity contribution in [2.24, 2.45) is 0 Å². The lowest BCUT2D eigenvalue weighted by Crippen LogP contribution is -2.29. The molecular formula is C19H20N2O3. The lowest BCUT2D eigenvalue weighted by atomic mass is 10.0. The Bertz CT molecular complexity index is 801. The smallest absolute Gasteiger partial charge is 0.269 e. The van der Waals surface area contributed by atoms with Crippen LogP contribution in [0, 0.1) is 10.1 Å². The molecule has 1 aliphatic carbocycles. The molecule has 0 N–H and O–H groups in total. The summed E-state index contributed by atoms with van der Waals surface area (Å²) in [6, 6.07) is 12.1. The number of amides is 1. The minimum absolute atomic E-state index is 0.0396. The predicted molar refractivity (Wildman–Crippen MR) is 92.1 cm³/mol. The van der Waals surface area contributed by atoms with Gasteiger partial charge in [0, 0.05) is 24.7 Å². The van der Waals surface area contributed by atoms with E-state index in [-0.39, 0.29) is 17.6 Å². The van der Waals surface area contributed by atoms with Crippen molar-refractivity contribution in [1.82, 2.24) is 4.90 Å². The van der Waals surface area contributed by atoms with Crippen LogP contribution < -0.4 is 0 Å². The van der Waals surface area contributed by atoms with Gasteiger partial charge >= 0.3 is 0 Å². The second-order valence-corrected chi connectivity index (χ2v) is 6.28. The molecule has 0 aliphatic heterocycles. The quantitative estimate of drug-likeness (QED) is 0.632. The highest BCUT2D eigenvalue weighted by atomic mass is 16.6. The van der Waals surface area contributed by atoms with Crippen LogP contribution in [0.4, 0.5) is 5.69 Å². The molecule has 1 amide bonds. The van der Waals surface area contributed by atoms with E-state index in [2.05, 4.69) is 0 Å². The third kappa shape index (κ3) is 3.02. The molecule has 0 bridgehead atoms. The van der Waals surface area contributed by atoms with Gasteiger partial charge in [-0.05, 0) is 55.0 Å². The van der Waals surface area contributed by atoms with Gasteiger partial charge in [0.15, 0.2) is 0 Å². The first-order chi connectivity index (χ1) is 11.5. The standard InChI is InChI=1S/C19H20N2O3/c1-13(15-6-4-8-18(12-15)21(23)24)20(2)19(22)17-10-9-14-5-3-7-16(14)11-17/h4,6,8-13H,3,5,7H2,1-2H3/t13-/m0/s1. The average Bonchev–Trinajstić information content (AvgIpc) is 3.07. The van der Waals surface area contributed by atoms with Crippen molar-refractivity contribution >= 4 is 11.6 Å². The molecule has 124 valence electrons. The number of benzene rings is 2. The summed E-state index contributed by atoms with van der Waals surface area (Å²) >= 11 is 0. The fraction of sp³-hybridized carbons (Fsp3) is 0.316. The first-order valence-corrected chi connectivity index (χ1v) is 8.10. The van der Waals surface area contributed by atoms with E-state index in [1.54, 1.807) is 18.0 Å². The Kier molecular flexibility index (Phi) is 4.34. The Hall–Kier alpha value is -2.69. The van der Waals surface area contributed by atoms with Crippen molar-refractivity contribution < 1.29 is 9.72 Å². The molecule has 2 aromatic rings. The molecule has 5 nitrogen and oxygen atoms in total. The first kappa shape index (κ1) is 16.2. The number of aryl methyl sites for hydroxylation is 2. The summed E-state index contributed by atoms with van der Waals surface area (Å²) in [6.45, 7) is 1.88. The molecule has 0 fully saturated rings. The number of fused-ring (bicyclic) bond motifs is 1. The molecule has 2 aromatic carbocycles. The van der Waals surface area contributed by atoms with Crippen molar-refractivity contribution in [2.45, 2.75) is 32.2 Å². The maximum atomic E-state index is 12.8. The van der Waals surface area contributed by atoms with E-state index < -0.39 is 4.92 Å². The van der Waals surface area contributed by atoms with Crippen LogP contribution in [0.3, 0.4) is 0 Å². The van der Waals surface area contributed by atoms with Gasteiger partial charge in [-0.3, -0.25) is 14.9 Å². The van der Waals surface area contributed by atoms with Gasteiger partial charge in [-0.2, -0.15) is 0 Å². The Labute approximate surface area is 141 Å². The third-order valence-electron chi connectivity index (χ3n) is 4.81. The molecule has 1 aliphatic rings. The molecule has 0 spiro atoms.